The van der Waals surface area contributed by atoms with Crippen LogP contribution in [0.4, 0.5) is 22.9 Å². The van der Waals surface area contributed by atoms with Crippen LogP contribution in [0.3, 0.4) is 0 Å². The van der Waals surface area contributed by atoms with Gasteiger partial charge in [-0.05, 0) is 56.3 Å². The maximum Gasteiger partial charge on any atom is 0.227 e. The predicted octanol–water partition coefficient (Wildman–Crippen LogP) is 6.32. The van der Waals surface area contributed by atoms with E-state index in [2.05, 4.69) is 76.3 Å². The average molecular weight is 392 g/mol. The number of nitrogens with zero attached hydrogens (tertiary/aromatic N) is 4. The normalized spacial score (nSPS) is 15.9. The fourth-order valence-electron chi connectivity index (χ4n) is 4.46. The van der Waals surface area contributed by atoms with Crippen molar-refractivity contribution < 1.29 is 4.42 Å². The van der Waals surface area contributed by atoms with Gasteiger partial charge < -0.3 is 9.32 Å². The molecule has 3 aromatic heterocycles. The fourth-order valence-corrected chi connectivity index (χ4v) is 4.46. The van der Waals surface area contributed by atoms with E-state index in [4.69, 9.17) is 9.40 Å². The lowest BCUT2D eigenvalue weighted by Gasteiger charge is -2.29. The van der Waals surface area contributed by atoms with Gasteiger partial charge >= 0.3 is 0 Å². The zero-order valence-electron chi connectivity index (χ0n) is 16.8. The van der Waals surface area contributed by atoms with Gasteiger partial charge in [-0.2, -0.15) is 0 Å². The van der Waals surface area contributed by atoms with Crippen LogP contribution in [0.25, 0.3) is 22.1 Å². The number of benzene rings is 2. The number of anilines is 4. The van der Waals surface area contributed by atoms with E-state index in [1.54, 1.807) is 0 Å². The zero-order valence-corrected chi connectivity index (χ0v) is 16.8. The summed E-state index contributed by atoms with van der Waals surface area (Å²) in [4.78, 5) is 13.9. The first-order valence-electron chi connectivity index (χ1n) is 10.1. The van der Waals surface area contributed by atoms with Gasteiger partial charge in [-0.25, -0.2) is 9.97 Å². The Morgan fingerprint density at radius 2 is 1.63 bits per heavy atom. The Hall–Kier alpha value is -3.86. The number of aryl methyl sites for hydroxylation is 1. The molecule has 2 aromatic carbocycles. The Bertz CT molecular complexity index is 1390. The van der Waals surface area contributed by atoms with Crippen molar-refractivity contribution in [1.29, 1.82) is 0 Å². The molecule has 0 spiro atoms. The lowest BCUT2D eigenvalue weighted by molar-refractivity contribution is 0.648. The van der Waals surface area contributed by atoms with Crippen molar-refractivity contribution in [1.82, 2.24) is 9.97 Å². The second-order valence-corrected chi connectivity index (χ2v) is 7.61. The quantitative estimate of drug-likeness (QED) is 0.352. The van der Waals surface area contributed by atoms with Crippen LogP contribution in [0.1, 0.15) is 12.6 Å². The van der Waals surface area contributed by atoms with Crippen molar-refractivity contribution in [3.8, 4) is 0 Å². The van der Waals surface area contributed by atoms with E-state index in [0.29, 0.717) is 5.71 Å². The Labute approximate surface area is 174 Å². The van der Waals surface area contributed by atoms with Crippen molar-refractivity contribution in [3.05, 3.63) is 84.7 Å². The summed E-state index contributed by atoms with van der Waals surface area (Å²) in [5.41, 5.74) is 5.66. The first-order chi connectivity index (χ1) is 14.7. The highest BCUT2D eigenvalue weighted by Gasteiger charge is 2.37. The SMILES string of the molecule is Cc1ccc2c(n1)oc1c(N3c4ncccc4N(c4ccccc4)C3C)cccc12. The molecule has 146 valence electrons. The summed E-state index contributed by atoms with van der Waals surface area (Å²) in [6.07, 6.45) is 1.88. The third-order valence-corrected chi connectivity index (χ3v) is 5.78. The minimum absolute atomic E-state index is 0.0332. The fraction of sp³-hybridized carbons (Fsp3) is 0.120. The monoisotopic (exact) mass is 392 g/mol. The second kappa shape index (κ2) is 6.32. The largest absolute Gasteiger partial charge is 0.435 e. The predicted molar refractivity (Wildman–Crippen MR) is 121 cm³/mol. The third-order valence-electron chi connectivity index (χ3n) is 5.78. The highest BCUT2D eigenvalue weighted by atomic mass is 16.3. The lowest BCUT2D eigenvalue weighted by Crippen LogP contribution is -2.35. The van der Waals surface area contributed by atoms with Gasteiger partial charge in [0.1, 0.15) is 6.17 Å². The van der Waals surface area contributed by atoms with Crippen LogP contribution in [0.15, 0.2) is 83.4 Å². The van der Waals surface area contributed by atoms with Gasteiger partial charge in [0.15, 0.2) is 11.4 Å². The van der Waals surface area contributed by atoms with E-state index in [9.17, 15) is 0 Å². The summed E-state index contributed by atoms with van der Waals surface area (Å²) in [7, 11) is 0. The van der Waals surface area contributed by atoms with E-state index < -0.39 is 0 Å². The molecule has 5 aromatic rings. The summed E-state index contributed by atoms with van der Waals surface area (Å²) >= 11 is 0. The van der Waals surface area contributed by atoms with Crippen molar-refractivity contribution in [2.75, 3.05) is 9.80 Å². The van der Waals surface area contributed by atoms with Crippen LogP contribution in [0, 0.1) is 6.92 Å². The van der Waals surface area contributed by atoms with Gasteiger partial charge in [0.2, 0.25) is 5.71 Å². The number of furan rings is 1. The van der Waals surface area contributed by atoms with E-state index in [1.807, 2.05) is 31.3 Å². The molecule has 0 amide bonds. The molecule has 0 N–H and O–H groups in total. The zero-order chi connectivity index (χ0) is 20.2. The molecule has 6 rings (SSSR count). The van der Waals surface area contributed by atoms with Gasteiger partial charge in [-0.15, -0.1) is 0 Å². The molecule has 0 fully saturated rings. The van der Waals surface area contributed by atoms with Crippen LogP contribution in [0.2, 0.25) is 0 Å². The molecule has 4 heterocycles. The molecular formula is C25H20N4O. The molecule has 1 unspecified atom stereocenters. The number of para-hydroxylation sites is 2. The molecule has 1 atom stereocenters. The first kappa shape index (κ1) is 17.0. The lowest BCUT2D eigenvalue weighted by atomic mass is 10.1. The standard InChI is InChI=1S/C25H20N4O/c1-16-13-14-20-19-10-6-11-21(23(19)30-25(20)27-16)29-17(2)28(18-8-4-3-5-9-18)22-12-7-15-26-24(22)29/h3-15,17H,1-2H3. The first-order valence-corrected chi connectivity index (χ1v) is 10.1. The van der Waals surface area contributed by atoms with Crippen LogP contribution < -0.4 is 9.80 Å². The molecule has 1 aliphatic heterocycles. The molecule has 0 saturated heterocycles. The summed E-state index contributed by atoms with van der Waals surface area (Å²) in [5.74, 6) is 0.922. The van der Waals surface area contributed by atoms with Gasteiger partial charge in [-0.1, -0.05) is 30.3 Å². The minimum atomic E-state index is 0.0332. The minimum Gasteiger partial charge on any atom is -0.435 e. The van der Waals surface area contributed by atoms with Crippen molar-refractivity contribution in [2.24, 2.45) is 0 Å². The second-order valence-electron chi connectivity index (χ2n) is 7.61. The molecule has 0 saturated carbocycles. The van der Waals surface area contributed by atoms with Crippen molar-refractivity contribution >= 4 is 44.9 Å². The van der Waals surface area contributed by atoms with Crippen molar-refractivity contribution in [3.63, 3.8) is 0 Å². The summed E-state index contributed by atoms with van der Waals surface area (Å²) in [5, 5.41) is 2.10. The van der Waals surface area contributed by atoms with Crippen molar-refractivity contribution in [2.45, 2.75) is 20.0 Å². The Kier molecular flexibility index (Phi) is 3.59. The average Bonchev–Trinajstić information content (AvgIpc) is 3.28. The maximum absolute atomic E-state index is 6.28. The molecular weight excluding hydrogens is 372 g/mol. The Morgan fingerprint density at radius 3 is 2.50 bits per heavy atom. The summed E-state index contributed by atoms with van der Waals surface area (Å²) in [6, 6.07) is 24.9. The number of aromatic nitrogens is 2. The molecule has 5 heteroatoms. The third kappa shape index (κ3) is 2.35. The number of pyridine rings is 2. The van der Waals surface area contributed by atoms with E-state index in [-0.39, 0.29) is 6.17 Å². The van der Waals surface area contributed by atoms with Gasteiger partial charge in [0, 0.05) is 28.4 Å². The van der Waals surface area contributed by atoms with Crippen LogP contribution in [-0.4, -0.2) is 16.1 Å². The summed E-state index contributed by atoms with van der Waals surface area (Å²) in [6.45, 7) is 4.17. The van der Waals surface area contributed by atoms with Crippen LogP contribution in [-0.2, 0) is 0 Å². The molecule has 0 radical (unpaired) electrons. The van der Waals surface area contributed by atoms with Crippen LogP contribution >= 0.6 is 0 Å². The molecule has 0 aliphatic carbocycles. The maximum atomic E-state index is 6.28. The topological polar surface area (TPSA) is 45.4 Å². The molecule has 30 heavy (non-hydrogen) atoms. The number of fused-ring (bicyclic) bond motifs is 4. The van der Waals surface area contributed by atoms with Gasteiger partial charge in [-0.3, -0.25) is 4.90 Å². The van der Waals surface area contributed by atoms with E-state index >= 15 is 0 Å². The Balaban J connectivity index is 1.59. The Morgan fingerprint density at radius 1 is 0.800 bits per heavy atom. The number of hydrogen-bond acceptors (Lipinski definition) is 5. The molecule has 0 bridgehead atoms. The highest BCUT2D eigenvalue weighted by molar-refractivity contribution is 6.09. The smallest absolute Gasteiger partial charge is 0.227 e. The van der Waals surface area contributed by atoms with E-state index in [0.717, 1.165) is 44.9 Å². The van der Waals surface area contributed by atoms with E-state index in [1.165, 1.54) is 0 Å². The number of rotatable bonds is 2. The molecule has 5 nitrogen and oxygen atoms in total. The summed E-state index contributed by atoms with van der Waals surface area (Å²) < 4.78 is 6.28. The van der Waals surface area contributed by atoms with Gasteiger partial charge in [0.05, 0.1) is 11.4 Å². The molecule has 1 aliphatic rings. The van der Waals surface area contributed by atoms with Crippen LogP contribution in [0.5, 0.6) is 0 Å². The number of hydrogen-bond donors (Lipinski definition) is 0. The highest BCUT2D eigenvalue weighted by Crippen LogP contribution is 2.48. The van der Waals surface area contributed by atoms with Gasteiger partial charge in [0.25, 0.3) is 0 Å².